The van der Waals surface area contributed by atoms with Crippen molar-refractivity contribution in [1.82, 2.24) is 0 Å². The Morgan fingerprint density at radius 3 is 2.50 bits per heavy atom. The van der Waals surface area contributed by atoms with Crippen LogP contribution < -0.4 is 14.0 Å². The molecule has 3 aromatic carbocycles. The summed E-state index contributed by atoms with van der Waals surface area (Å²) in [5.41, 5.74) is 0.366. The second-order valence-corrected chi connectivity index (χ2v) is 9.72. The number of amides is 1. The monoisotopic (exact) mass is 489 g/mol. The lowest BCUT2D eigenvalue weighted by atomic mass is 10.2. The third kappa shape index (κ3) is 4.14. The number of hydrogen-bond donors (Lipinski definition) is 0. The number of carbonyl (C=O) groups is 1. The van der Waals surface area contributed by atoms with Gasteiger partial charge in [-0.2, -0.15) is 4.31 Å². The summed E-state index contributed by atoms with van der Waals surface area (Å²) in [5.74, 6) is -0.334. The number of hydrogen-bond acceptors (Lipinski definition) is 7. The molecule has 1 heterocycles. The first-order chi connectivity index (χ1) is 15.3. The highest BCUT2D eigenvalue weighted by atomic mass is 35.5. The van der Waals surface area contributed by atoms with Gasteiger partial charge in [0.1, 0.15) is 11.3 Å². The Morgan fingerprint density at radius 2 is 1.81 bits per heavy atom. The fourth-order valence-corrected chi connectivity index (χ4v) is 5.39. The highest BCUT2D eigenvalue weighted by molar-refractivity contribution is 7.93. The molecule has 1 aromatic heterocycles. The van der Waals surface area contributed by atoms with Crippen molar-refractivity contribution in [3.05, 3.63) is 87.0 Å². The topological polar surface area (TPSA) is 93.9 Å². The van der Waals surface area contributed by atoms with E-state index >= 15 is 0 Å². The fourth-order valence-electron chi connectivity index (χ4n) is 3.08. The van der Waals surface area contributed by atoms with E-state index in [9.17, 15) is 18.0 Å². The van der Waals surface area contributed by atoms with Crippen molar-refractivity contribution in [3.63, 3.8) is 0 Å². The van der Waals surface area contributed by atoms with Gasteiger partial charge in [0.25, 0.3) is 15.9 Å². The number of rotatable bonds is 6. The third-order valence-electron chi connectivity index (χ3n) is 4.51. The van der Waals surface area contributed by atoms with Crippen molar-refractivity contribution in [2.75, 3.05) is 10.9 Å². The van der Waals surface area contributed by atoms with Crippen LogP contribution in [0.3, 0.4) is 0 Å². The van der Waals surface area contributed by atoms with E-state index in [4.69, 9.17) is 20.8 Å². The quantitative estimate of drug-likeness (QED) is 0.380. The molecule has 7 nitrogen and oxygen atoms in total. The molecule has 1 amide bonds. The van der Waals surface area contributed by atoms with Gasteiger partial charge in [-0.15, -0.1) is 0 Å². The smallest absolute Gasteiger partial charge is 0.396 e. The maximum absolute atomic E-state index is 13.6. The van der Waals surface area contributed by atoms with Gasteiger partial charge in [-0.1, -0.05) is 35.1 Å². The van der Waals surface area contributed by atoms with Crippen LogP contribution in [0.4, 0.5) is 5.69 Å². The summed E-state index contributed by atoms with van der Waals surface area (Å²) in [6.07, 6.45) is 0. The lowest BCUT2D eigenvalue weighted by molar-refractivity contribution is 0.101. The number of ether oxygens (including phenoxy) is 1. The lowest BCUT2D eigenvalue weighted by Crippen LogP contribution is -2.37. The van der Waals surface area contributed by atoms with Crippen LogP contribution in [0.15, 0.2) is 80.8 Å². The van der Waals surface area contributed by atoms with E-state index in [-0.39, 0.29) is 21.2 Å². The number of sulfonamides is 1. The highest BCUT2D eigenvalue weighted by Gasteiger charge is 2.33. The predicted octanol–water partition coefficient (Wildman–Crippen LogP) is 4.94. The molecule has 164 valence electrons. The molecular weight excluding hydrogens is 474 g/mol. The zero-order valence-corrected chi connectivity index (χ0v) is 19.0. The second-order valence-electron chi connectivity index (χ2n) is 6.54. The normalized spacial score (nSPS) is 11.4. The van der Waals surface area contributed by atoms with Gasteiger partial charge >= 0.3 is 4.94 Å². The van der Waals surface area contributed by atoms with Crippen LogP contribution in [0.1, 0.15) is 17.3 Å². The molecule has 0 saturated carbocycles. The molecule has 0 aliphatic rings. The first-order valence-corrected chi connectivity index (χ1v) is 12.1. The molecule has 0 atom stereocenters. The maximum atomic E-state index is 13.6. The maximum Gasteiger partial charge on any atom is 0.396 e. The van der Waals surface area contributed by atoms with Crippen LogP contribution in [0, 0.1) is 0 Å². The fraction of sp³-hybridized carbons (Fsp3) is 0.0909. The number of fused-ring (bicyclic) bond motifs is 1. The highest BCUT2D eigenvalue weighted by Crippen LogP contribution is 2.32. The van der Waals surface area contributed by atoms with Gasteiger partial charge in [0.15, 0.2) is 0 Å². The minimum atomic E-state index is -4.35. The summed E-state index contributed by atoms with van der Waals surface area (Å²) >= 11 is 7.00. The minimum absolute atomic E-state index is 0.0177. The van der Waals surface area contributed by atoms with Crippen LogP contribution in [0.25, 0.3) is 10.3 Å². The molecule has 0 bridgehead atoms. The molecule has 4 aromatic rings. The van der Waals surface area contributed by atoms with Gasteiger partial charge in [0, 0.05) is 0 Å². The standard InChI is InChI=1S/C22H16ClNO6S2/c1-2-29-15-8-10-16(11-9-15)32(27,28)24(21(25)17-5-3-4-6-18(17)23)14-7-12-19-20(13-14)31-22(26)30-19/h3-13H,2H2,1H3. The number of carbonyl (C=O) groups excluding carboxylic acids is 1. The van der Waals surface area contributed by atoms with E-state index in [1.54, 1.807) is 12.1 Å². The summed E-state index contributed by atoms with van der Waals surface area (Å²) in [6, 6.07) is 16.2. The number of halogens is 1. The number of benzene rings is 3. The van der Waals surface area contributed by atoms with Crippen LogP contribution in [-0.2, 0) is 10.0 Å². The molecule has 10 heteroatoms. The SMILES string of the molecule is CCOc1ccc(S(=O)(=O)N(C(=O)c2ccccc2Cl)c2ccc3oc(=O)sc3c2)cc1. The van der Waals surface area contributed by atoms with Crippen molar-refractivity contribution in [3.8, 4) is 5.75 Å². The molecule has 0 spiro atoms. The van der Waals surface area contributed by atoms with Gasteiger partial charge in [-0.05, 0) is 61.5 Å². The average Bonchev–Trinajstić information content (AvgIpc) is 3.14. The van der Waals surface area contributed by atoms with E-state index in [1.165, 1.54) is 54.6 Å². The minimum Gasteiger partial charge on any atom is -0.494 e. The van der Waals surface area contributed by atoms with E-state index in [0.717, 1.165) is 11.3 Å². The summed E-state index contributed by atoms with van der Waals surface area (Å²) in [6.45, 7) is 2.24. The Balaban J connectivity index is 1.88. The van der Waals surface area contributed by atoms with Crippen molar-refractivity contribution in [2.45, 2.75) is 11.8 Å². The van der Waals surface area contributed by atoms with E-state index in [2.05, 4.69) is 0 Å². The first kappa shape index (κ1) is 22.1. The third-order valence-corrected chi connectivity index (χ3v) is 7.35. The van der Waals surface area contributed by atoms with E-state index < -0.39 is 20.9 Å². The molecule has 0 fully saturated rings. The summed E-state index contributed by atoms with van der Waals surface area (Å²) in [7, 11) is -4.35. The van der Waals surface area contributed by atoms with Crippen LogP contribution in [-0.4, -0.2) is 20.9 Å². The largest absolute Gasteiger partial charge is 0.494 e. The molecular formula is C22H16ClNO6S2. The van der Waals surface area contributed by atoms with Crippen LogP contribution >= 0.6 is 22.9 Å². The van der Waals surface area contributed by atoms with Crippen LogP contribution in [0.5, 0.6) is 5.75 Å². The van der Waals surface area contributed by atoms with Gasteiger partial charge < -0.3 is 9.15 Å². The van der Waals surface area contributed by atoms with Crippen molar-refractivity contribution >= 4 is 54.8 Å². The Kier molecular flexibility index (Phi) is 6.05. The first-order valence-electron chi connectivity index (χ1n) is 9.42. The molecule has 0 unspecified atom stereocenters. The van der Waals surface area contributed by atoms with Crippen molar-refractivity contribution in [2.24, 2.45) is 0 Å². The molecule has 0 saturated heterocycles. The second kappa shape index (κ2) is 8.78. The van der Waals surface area contributed by atoms with Gasteiger partial charge in [-0.25, -0.2) is 13.2 Å². The van der Waals surface area contributed by atoms with Gasteiger partial charge in [0.2, 0.25) is 0 Å². The lowest BCUT2D eigenvalue weighted by Gasteiger charge is -2.23. The molecule has 0 aliphatic heterocycles. The van der Waals surface area contributed by atoms with Gasteiger partial charge in [-0.3, -0.25) is 4.79 Å². The Labute approximate surface area is 192 Å². The Morgan fingerprint density at radius 1 is 1.09 bits per heavy atom. The van der Waals surface area contributed by atoms with E-state index in [1.807, 2.05) is 6.92 Å². The average molecular weight is 490 g/mol. The van der Waals surface area contributed by atoms with E-state index in [0.29, 0.717) is 26.9 Å². The van der Waals surface area contributed by atoms with Crippen molar-refractivity contribution in [1.29, 1.82) is 0 Å². The molecule has 0 N–H and O–H groups in total. The zero-order chi connectivity index (χ0) is 22.9. The Hall–Kier alpha value is -3.14. The van der Waals surface area contributed by atoms with Crippen LogP contribution in [0.2, 0.25) is 5.02 Å². The molecule has 4 rings (SSSR count). The number of anilines is 1. The molecule has 0 aliphatic carbocycles. The molecule has 0 radical (unpaired) electrons. The number of nitrogens with zero attached hydrogens (tertiary/aromatic N) is 1. The predicted molar refractivity (Wildman–Crippen MR) is 123 cm³/mol. The molecule has 32 heavy (non-hydrogen) atoms. The van der Waals surface area contributed by atoms with Gasteiger partial charge in [0.05, 0.1) is 32.5 Å². The Bertz CT molecular complexity index is 1460. The summed E-state index contributed by atoms with van der Waals surface area (Å²) in [5, 5.41) is 0.110. The summed E-state index contributed by atoms with van der Waals surface area (Å²) in [4.78, 5) is 24.4. The van der Waals surface area contributed by atoms with Crippen molar-refractivity contribution < 1.29 is 22.4 Å². The summed E-state index contributed by atoms with van der Waals surface area (Å²) < 4.78 is 38.7. The zero-order valence-electron chi connectivity index (χ0n) is 16.6.